The molecular weight excluding hydrogens is 685 g/mol. The van der Waals surface area contributed by atoms with Crippen LogP contribution in [0.15, 0.2) is 202 Å². The van der Waals surface area contributed by atoms with Crippen molar-refractivity contribution in [2.75, 3.05) is 4.90 Å². The molecule has 56 heavy (non-hydrogen) atoms. The number of rotatable bonds is 6. The van der Waals surface area contributed by atoms with Gasteiger partial charge in [0.2, 0.25) is 0 Å². The first-order valence-corrected chi connectivity index (χ1v) is 19.2. The van der Waals surface area contributed by atoms with Gasteiger partial charge in [-0.1, -0.05) is 158 Å². The number of anilines is 2. The van der Waals surface area contributed by atoms with Crippen LogP contribution in [0.3, 0.4) is 0 Å². The Morgan fingerprint density at radius 3 is 1.84 bits per heavy atom. The molecule has 1 N–H and O–H groups in total. The minimum absolute atomic E-state index is 0.0653. The quantitative estimate of drug-likeness (QED) is 0.186. The molecule has 5 heteroatoms. The molecule has 0 amide bonds. The van der Waals surface area contributed by atoms with Gasteiger partial charge in [0.05, 0.1) is 6.04 Å². The van der Waals surface area contributed by atoms with Crippen LogP contribution in [0.4, 0.5) is 11.4 Å². The van der Waals surface area contributed by atoms with Crippen LogP contribution < -0.4 is 10.2 Å². The van der Waals surface area contributed by atoms with Crippen LogP contribution in [0.2, 0.25) is 0 Å². The Bertz CT molecular complexity index is 2840. The van der Waals surface area contributed by atoms with Crippen LogP contribution in [-0.4, -0.2) is 17.7 Å². The van der Waals surface area contributed by atoms with Gasteiger partial charge in [0.25, 0.3) is 0 Å². The first-order valence-electron chi connectivity index (χ1n) is 19.2. The van der Waals surface area contributed by atoms with Crippen LogP contribution >= 0.6 is 0 Å². The number of furan rings is 1. The van der Waals surface area contributed by atoms with Crippen molar-refractivity contribution in [1.82, 2.24) is 5.32 Å². The van der Waals surface area contributed by atoms with E-state index in [1.165, 1.54) is 28.1 Å². The lowest BCUT2D eigenvalue weighted by Crippen LogP contribution is -2.36. The number of para-hydroxylation sites is 2. The molecule has 0 bridgehead atoms. The van der Waals surface area contributed by atoms with Gasteiger partial charge in [-0.15, -0.1) is 0 Å². The fourth-order valence-electron chi connectivity index (χ4n) is 8.75. The molecule has 11 rings (SSSR count). The summed E-state index contributed by atoms with van der Waals surface area (Å²) >= 11 is 0. The Labute approximate surface area is 325 Å². The third-order valence-electron chi connectivity index (χ3n) is 11.3. The molecule has 3 atom stereocenters. The second-order valence-corrected chi connectivity index (χ2v) is 14.5. The minimum Gasteiger partial charge on any atom is -0.456 e. The molecule has 0 spiro atoms. The number of fused-ring (bicyclic) bond motifs is 7. The monoisotopic (exact) mass is 720 g/mol. The van der Waals surface area contributed by atoms with Crippen LogP contribution in [0.5, 0.6) is 0 Å². The predicted molar refractivity (Wildman–Crippen MR) is 229 cm³/mol. The Morgan fingerprint density at radius 1 is 0.500 bits per heavy atom. The molecule has 3 aliphatic rings. The zero-order valence-electron chi connectivity index (χ0n) is 30.5. The van der Waals surface area contributed by atoms with Gasteiger partial charge in [-0.3, -0.25) is 0 Å². The van der Waals surface area contributed by atoms with Crippen molar-refractivity contribution in [3.8, 4) is 22.3 Å². The Kier molecular flexibility index (Phi) is 7.62. The zero-order chi connectivity index (χ0) is 37.0. The van der Waals surface area contributed by atoms with Gasteiger partial charge in [-0.05, 0) is 64.2 Å². The van der Waals surface area contributed by atoms with Gasteiger partial charge < -0.3 is 14.6 Å². The Balaban J connectivity index is 1.07. The number of hydrogen-bond acceptors (Lipinski definition) is 5. The van der Waals surface area contributed by atoms with Gasteiger partial charge in [-0.2, -0.15) is 0 Å². The summed E-state index contributed by atoms with van der Waals surface area (Å²) in [6.07, 6.45) is 3.95. The highest BCUT2D eigenvalue weighted by atomic mass is 16.3. The fourth-order valence-corrected chi connectivity index (χ4v) is 8.75. The summed E-state index contributed by atoms with van der Waals surface area (Å²) < 4.78 is 6.71. The molecule has 8 aromatic rings. The largest absolute Gasteiger partial charge is 0.456 e. The SMILES string of the molecule is C1=CC2C(c3ccccc3N2c2ccccc2)c2c1oc1cccc(C3N=C(c4ccc(-c5ccccc5)cc4)NC(c4cccc(-c5ccccc5)c4)=N3)c21. The van der Waals surface area contributed by atoms with Crippen molar-refractivity contribution in [2.24, 2.45) is 9.98 Å². The molecule has 266 valence electrons. The van der Waals surface area contributed by atoms with Crippen molar-refractivity contribution in [2.45, 2.75) is 18.1 Å². The summed E-state index contributed by atoms with van der Waals surface area (Å²) in [6, 6.07) is 64.1. The van der Waals surface area contributed by atoms with E-state index in [2.05, 4.69) is 192 Å². The summed E-state index contributed by atoms with van der Waals surface area (Å²) in [5, 5.41) is 4.75. The summed E-state index contributed by atoms with van der Waals surface area (Å²) in [5.74, 6) is 2.51. The summed E-state index contributed by atoms with van der Waals surface area (Å²) in [4.78, 5) is 13.3. The molecule has 3 heterocycles. The van der Waals surface area contributed by atoms with Gasteiger partial charge >= 0.3 is 0 Å². The van der Waals surface area contributed by atoms with E-state index in [0.717, 1.165) is 61.8 Å². The van der Waals surface area contributed by atoms with Crippen LogP contribution in [-0.2, 0) is 0 Å². The smallest absolute Gasteiger partial charge is 0.170 e. The van der Waals surface area contributed by atoms with Gasteiger partial charge in [-0.25, -0.2) is 9.98 Å². The van der Waals surface area contributed by atoms with E-state index in [1.54, 1.807) is 0 Å². The van der Waals surface area contributed by atoms with Gasteiger partial charge in [0.15, 0.2) is 6.17 Å². The molecule has 0 fully saturated rings. The third kappa shape index (κ3) is 5.39. The maximum Gasteiger partial charge on any atom is 0.170 e. The van der Waals surface area contributed by atoms with Crippen LogP contribution in [0.25, 0.3) is 39.3 Å². The van der Waals surface area contributed by atoms with E-state index in [4.69, 9.17) is 14.4 Å². The van der Waals surface area contributed by atoms with Gasteiger partial charge in [0, 0.05) is 44.9 Å². The summed E-state index contributed by atoms with van der Waals surface area (Å²) in [5.41, 5.74) is 13.4. The lowest BCUT2D eigenvalue weighted by atomic mass is 9.81. The lowest BCUT2D eigenvalue weighted by Gasteiger charge is -2.30. The average Bonchev–Trinajstić information content (AvgIpc) is 3.83. The molecule has 5 nitrogen and oxygen atoms in total. The molecule has 3 unspecified atom stereocenters. The molecule has 2 aliphatic heterocycles. The van der Waals surface area contributed by atoms with Crippen molar-refractivity contribution < 1.29 is 4.42 Å². The van der Waals surface area contributed by atoms with Crippen LogP contribution in [0, 0.1) is 0 Å². The Hall–Kier alpha value is -7.24. The van der Waals surface area contributed by atoms with Crippen molar-refractivity contribution in [3.63, 3.8) is 0 Å². The van der Waals surface area contributed by atoms with E-state index >= 15 is 0 Å². The van der Waals surface area contributed by atoms with E-state index < -0.39 is 6.17 Å². The number of nitrogens with one attached hydrogen (secondary N) is 1. The number of amidine groups is 2. The number of hydrogen-bond donors (Lipinski definition) is 1. The zero-order valence-corrected chi connectivity index (χ0v) is 30.5. The summed E-state index contributed by atoms with van der Waals surface area (Å²) in [6.45, 7) is 0. The van der Waals surface area contributed by atoms with Crippen molar-refractivity contribution >= 4 is 40.1 Å². The molecule has 1 aromatic heterocycles. The van der Waals surface area contributed by atoms with E-state index in [-0.39, 0.29) is 12.0 Å². The maximum atomic E-state index is 6.71. The topological polar surface area (TPSA) is 53.1 Å². The lowest BCUT2D eigenvalue weighted by molar-refractivity contribution is 0.584. The molecule has 0 radical (unpaired) electrons. The molecule has 0 saturated carbocycles. The standard InChI is InChI=1S/C51H36N4O/c1-4-14-33(15-5-1)35-26-28-36(29-27-35)49-52-50(38-19-12-18-37(32-38)34-16-6-2-7-17-34)54-51(53-49)41-23-13-25-44-47(41)48-45(56-44)31-30-43-46(48)40-22-10-11-24-42(40)55(43)39-20-8-3-9-21-39/h1-32,43,46,51H,(H,52,53,54). The van der Waals surface area contributed by atoms with E-state index in [1.807, 2.05) is 12.1 Å². The first-order chi connectivity index (χ1) is 27.8. The molecule has 1 aliphatic carbocycles. The number of nitrogens with zero attached hydrogens (tertiary/aromatic N) is 3. The van der Waals surface area contributed by atoms with Crippen molar-refractivity contribution in [3.05, 3.63) is 222 Å². The second-order valence-electron chi connectivity index (χ2n) is 14.5. The molecule has 7 aromatic carbocycles. The van der Waals surface area contributed by atoms with E-state index in [0.29, 0.717) is 0 Å². The second kappa shape index (κ2) is 13.3. The summed E-state index contributed by atoms with van der Waals surface area (Å²) in [7, 11) is 0. The minimum atomic E-state index is -0.521. The molecular formula is C51H36N4O. The highest BCUT2D eigenvalue weighted by Gasteiger charge is 2.44. The highest BCUT2D eigenvalue weighted by molar-refractivity contribution is 6.16. The number of benzene rings is 7. The fraction of sp³-hybridized carbons (Fsp3) is 0.0588. The average molecular weight is 721 g/mol. The normalized spacial score (nSPS) is 18.1. The van der Waals surface area contributed by atoms with Gasteiger partial charge in [0.1, 0.15) is 23.0 Å². The third-order valence-corrected chi connectivity index (χ3v) is 11.3. The molecule has 0 saturated heterocycles. The van der Waals surface area contributed by atoms with Crippen molar-refractivity contribution in [1.29, 1.82) is 0 Å². The maximum absolute atomic E-state index is 6.71. The number of aliphatic imine (C=N–C) groups is 2. The van der Waals surface area contributed by atoms with Crippen LogP contribution in [0.1, 0.15) is 45.7 Å². The van der Waals surface area contributed by atoms with E-state index in [9.17, 15) is 0 Å². The highest BCUT2D eigenvalue weighted by Crippen LogP contribution is 2.54. The predicted octanol–water partition coefficient (Wildman–Crippen LogP) is 11.9. The Morgan fingerprint density at radius 2 is 1.07 bits per heavy atom. The first kappa shape index (κ1) is 32.2.